The van der Waals surface area contributed by atoms with Crippen molar-refractivity contribution in [1.82, 2.24) is 4.90 Å². The van der Waals surface area contributed by atoms with E-state index in [1.54, 1.807) is 18.1 Å². The lowest BCUT2D eigenvalue weighted by atomic mass is 10.1. The van der Waals surface area contributed by atoms with Crippen molar-refractivity contribution in [2.45, 2.75) is 19.8 Å². The maximum Gasteiger partial charge on any atom is 0.322 e. The number of urea groups is 1. The molecule has 1 heterocycles. The third kappa shape index (κ3) is 3.60. The predicted molar refractivity (Wildman–Crippen MR) is 103 cm³/mol. The Morgan fingerprint density at radius 3 is 2.73 bits per heavy atom. The van der Waals surface area contributed by atoms with Gasteiger partial charge in [-0.3, -0.25) is 0 Å². The number of aliphatic hydroxyl groups is 1. The first-order valence-corrected chi connectivity index (χ1v) is 8.84. The van der Waals surface area contributed by atoms with Crippen molar-refractivity contribution in [1.29, 1.82) is 0 Å². The Balaban J connectivity index is 1.93. The smallest absolute Gasteiger partial charge is 0.322 e. The van der Waals surface area contributed by atoms with E-state index in [4.69, 9.17) is 9.15 Å². The number of anilines is 1. The fraction of sp³-hybridized carbons (Fsp3) is 0.350. The number of benzene rings is 2. The number of amides is 2. The second-order valence-electron chi connectivity index (χ2n) is 6.14. The number of aliphatic hydroxyl groups excluding tert-OH is 1. The number of fused-ring (bicyclic) bond motifs is 3. The molecule has 2 aromatic carbocycles. The number of rotatable bonds is 7. The average molecular weight is 356 g/mol. The zero-order valence-corrected chi connectivity index (χ0v) is 15.1. The molecule has 6 heteroatoms. The Bertz CT molecular complexity index is 903. The van der Waals surface area contributed by atoms with E-state index in [0.717, 1.165) is 29.2 Å². The van der Waals surface area contributed by atoms with E-state index in [1.807, 2.05) is 30.3 Å². The van der Waals surface area contributed by atoms with Crippen LogP contribution in [0.5, 0.6) is 5.75 Å². The number of carbonyl (C=O) groups is 1. The van der Waals surface area contributed by atoms with E-state index in [1.165, 1.54) is 0 Å². The lowest BCUT2D eigenvalue weighted by molar-refractivity contribution is 0.187. The maximum atomic E-state index is 12.6. The molecule has 0 aliphatic rings. The van der Waals surface area contributed by atoms with E-state index < -0.39 is 0 Å². The molecular formula is C20H24N2O4. The molecule has 0 saturated heterocycles. The van der Waals surface area contributed by atoms with Gasteiger partial charge in [-0.2, -0.15) is 0 Å². The van der Waals surface area contributed by atoms with E-state index in [2.05, 4.69) is 12.2 Å². The van der Waals surface area contributed by atoms with Crippen molar-refractivity contribution in [2.75, 3.05) is 32.1 Å². The highest BCUT2D eigenvalue weighted by atomic mass is 16.5. The van der Waals surface area contributed by atoms with Crippen molar-refractivity contribution < 1.29 is 19.1 Å². The van der Waals surface area contributed by atoms with Gasteiger partial charge in [-0.1, -0.05) is 31.5 Å². The molecule has 0 unspecified atom stereocenters. The standard InChI is InChI=1S/C20H24N2O4/c1-3-4-9-22(10-11-23)20(24)21-16-13-18-15(12-19(16)25-2)14-7-5-6-8-17(14)26-18/h5-8,12-13,23H,3-4,9-11H2,1-2H3,(H,21,24). The van der Waals surface area contributed by atoms with E-state index in [0.29, 0.717) is 30.1 Å². The molecule has 0 spiro atoms. The Morgan fingerprint density at radius 1 is 1.19 bits per heavy atom. The van der Waals surface area contributed by atoms with Crippen LogP contribution in [0.15, 0.2) is 40.8 Å². The van der Waals surface area contributed by atoms with Crippen LogP contribution in [0.3, 0.4) is 0 Å². The summed E-state index contributed by atoms with van der Waals surface area (Å²) >= 11 is 0. The van der Waals surface area contributed by atoms with Gasteiger partial charge >= 0.3 is 6.03 Å². The first-order chi connectivity index (χ1) is 12.7. The van der Waals surface area contributed by atoms with E-state index >= 15 is 0 Å². The number of para-hydroxylation sites is 1. The minimum atomic E-state index is -0.263. The van der Waals surface area contributed by atoms with E-state index in [-0.39, 0.29) is 12.6 Å². The number of nitrogens with one attached hydrogen (secondary N) is 1. The predicted octanol–water partition coefficient (Wildman–Crippen LogP) is 4.22. The summed E-state index contributed by atoms with van der Waals surface area (Å²) in [4.78, 5) is 14.2. The van der Waals surface area contributed by atoms with Crippen LogP contribution < -0.4 is 10.1 Å². The van der Waals surface area contributed by atoms with Gasteiger partial charge in [0.1, 0.15) is 16.9 Å². The lowest BCUT2D eigenvalue weighted by Gasteiger charge is -2.22. The van der Waals surface area contributed by atoms with Crippen LogP contribution in [-0.2, 0) is 0 Å². The molecular weight excluding hydrogens is 332 g/mol. The number of methoxy groups -OCH3 is 1. The quantitative estimate of drug-likeness (QED) is 0.665. The van der Waals surface area contributed by atoms with Crippen LogP contribution >= 0.6 is 0 Å². The number of hydrogen-bond donors (Lipinski definition) is 2. The van der Waals surface area contributed by atoms with Gasteiger partial charge in [0.05, 0.1) is 19.4 Å². The van der Waals surface area contributed by atoms with Crippen molar-refractivity contribution in [3.63, 3.8) is 0 Å². The summed E-state index contributed by atoms with van der Waals surface area (Å²) in [5.41, 5.74) is 2.02. The highest BCUT2D eigenvalue weighted by Crippen LogP contribution is 2.36. The zero-order chi connectivity index (χ0) is 18.5. The Morgan fingerprint density at radius 2 is 2.00 bits per heavy atom. The number of unbranched alkanes of at least 4 members (excludes halogenated alkanes) is 1. The molecule has 0 saturated carbocycles. The van der Waals surface area contributed by atoms with Crippen LogP contribution in [0.4, 0.5) is 10.5 Å². The van der Waals surface area contributed by atoms with Crippen molar-refractivity contribution in [3.8, 4) is 5.75 Å². The summed E-state index contributed by atoms with van der Waals surface area (Å²) in [5, 5.41) is 14.0. The number of nitrogens with zero attached hydrogens (tertiary/aromatic N) is 1. The molecule has 0 bridgehead atoms. The largest absolute Gasteiger partial charge is 0.495 e. The molecule has 0 aliphatic carbocycles. The zero-order valence-electron chi connectivity index (χ0n) is 15.1. The average Bonchev–Trinajstić information content (AvgIpc) is 3.01. The molecule has 0 fully saturated rings. The monoisotopic (exact) mass is 356 g/mol. The third-order valence-corrected chi connectivity index (χ3v) is 4.38. The fourth-order valence-electron chi connectivity index (χ4n) is 3.00. The van der Waals surface area contributed by atoms with Crippen molar-refractivity contribution in [2.24, 2.45) is 0 Å². The molecule has 2 amide bonds. The fourth-order valence-corrected chi connectivity index (χ4v) is 3.00. The molecule has 2 N–H and O–H groups in total. The molecule has 0 atom stereocenters. The maximum absolute atomic E-state index is 12.6. The van der Waals surface area contributed by atoms with E-state index in [9.17, 15) is 9.90 Å². The summed E-state index contributed by atoms with van der Waals surface area (Å²) in [6.45, 7) is 2.88. The Labute approximate surface area is 152 Å². The van der Waals surface area contributed by atoms with Gasteiger partial charge < -0.3 is 24.5 Å². The highest BCUT2D eigenvalue weighted by molar-refractivity contribution is 6.07. The third-order valence-electron chi connectivity index (χ3n) is 4.38. The van der Waals surface area contributed by atoms with Gasteiger partial charge in [0, 0.05) is 29.9 Å². The number of hydrogen-bond acceptors (Lipinski definition) is 4. The summed E-state index contributed by atoms with van der Waals surface area (Å²) < 4.78 is 11.4. The topological polar surface area (TPSA) is 74.9 Å². The molecule has 6 nitrogen and oxygen atoms in total. The van der Waals surface area contributed by atoms with Gasteiger partial charge in [-0.15, -0.1) is 0 Å². The lowest BCUT2D eigenvalue weighted by Crippen LogP contribution is -2.37. The summed E-state index contributed by atoms with van der Waals surface area (Å²) in [6.07, 6.45) is 1.86. The molecule has 1 aromatic heterocycles. The van der Waals surface area contributed by atoms with Crippen LogP contribution in [0, 0.1) is 0 Å². The minimum Gasteiger partial charge on any atom is -0.495 e. The molecule has 138 valence electrons. The van der Waals surface area contributed by atoms with Crippen LogP contribution in [0.2, 0.25) is 0 Å². The highest BCUT2D eigenvalue weighted by Gasteiger charge is 2.17. The van der Waals surface area contributed by atoms with Gasteiger partial charge in [0.2, 0.25) is 0 Å². The van der Waals surface area contributed by atoms with Gasteiger partial charge in [0.25, 0.3) is 0 Å². The molecule has 0 radical (unpaired) electrons. The molecule has 0 aliphatic heterocycles. The van der Waals surface area contributed by atoms with Crippen molar-refractivity contribution >= 4 is 33.7 Å². The summed E-state index contributed by atoms with van der Waals surface area (Å²) in [6, 6.07) is 11.2. The summed E-state index contributed by atoms with van der Waals surface area (Å²) in [5.74, 6) is 0.567. The number of furan rings is 1. The van der Waals surface area contributed by atoms with Crippen molar-refractivity contribution in [3.05, 3.63) is 36.4 Å². The number of ether oxygens (including phenoxy) is 1. The normalized spacial score (nSPS) is 11.0. The van der Waals surface area contributed by atoms with Gasteiger partial charge in [0.15, 0.2) is 0 Å². The van der Waals surface area contributed by atoms with Gasteiger partial charge in [-0.05, 0) is 18.6 Å². The second-order valence-corrected chi connectivity index (χ2v) is 6.14. The van der Waals surface area contributed by atoms with Gasteiger partial charge in [-0.25, -0.2) is 4.79 Å². The molecule has 26 heavy (non-hydrogen) atoms. The Kier molecular flexibility index (Phi) is 5.63. The first kappa shape index (κ1) is 18.1. The minimum absolute atomic E-state index is 0.0725. The SMILES string of the molecule is CCCCN(CCO)C(=O)Nc1cc2oc3ccccc3c2cc1OC. The molecule has 3 aromatic rings. The number of carbonyl (C=O) groups excluding carboxylic acids is 1. The summed E-state index contributed by atoms with van der Waals surface area (Å²) in [7, 11) is 1.57. The molecule has 3 rings (SSSR count). The first-order valence-electron chi connectivity index (χ1n) is 8.84. The Hall–Kier alpha value is -2.73. The van der Waals surface area contributed by atoms with Crippen LogP contribution in [0.25, 0.3) is 21.9 Å². The second kappa shape index (κ2) is 8.10. The van der Waals surface area contributed by atoms with Crippen LogP contribution in [-0.4, -0.2) is 42.8 Å². The van der Waals surface area contributed by atoms with Crippen LogP contribution in [0.1, 0.15) is 19.8 Å².